The maximum absolute atomic E-state index is 11.0. The fraction of sp³-hybridized carbons (Fsp3) is 0.409. The predicted octanol–water partition coefficient (Wildman–Crippen LogP) is 4.03. The molecule has 1 fully saturated rings. The van der Waals surface area contributed by atoms with E-state index in [0.717, 1.165) is 48.8 Å². The Kier molecular flexibility index (Phi) is 6.59. The smallest absolute Gasteiger partial charge is 0.273 e. The van der Waals surface area contributed by atoms with Crippen molar-refractivity contribution in [3.8, 4) is 5.75 Å². The van der Waals surface area contributed by atoms with E-state index in [9.17, 15) is 10.1 Å². The minimum Gasteiger partial charge on any atom is -0.494 e. The lowest BCUT2D eigenvalue weighted by molar-refractivity contribution is -0.384. The van der Waals surface area contributed by atoms with Crippen molar-refractivity contribution in [1.82, 2.24) is 19.6 Å². The summed E-state index contributed by atoms with van der Waals surface area (Å²) < 4.78 is 12.8. The van der Waals surface area contributed by atoms with Gasteiger partial charge < -0.3 is 24.0 Å². The van der Waals surface area contributed by atoms with Gasteiger partial charge in [-0.15, -0.1) is 0 Å². The van der Waals surface area contributed by atoms with E-state index in [1.807, 2.05) is 26.2 Å². The number of rotatable bonds is 6. The van der Waals surface area contributed by atoms with E-state index in [-0.39, 0.29) is 5.69 Å². The number of aryl methyl sites for hydroxylation is 2. The van der Waals surface area contributed by atoms with Crippen LogP contribution >= 0.6 is 12.2 Å². The summed E-state index contributed by atoms with van der Waals surface area (Å²) in [6, 6.07) is 4.43. The molecule has 11 heteroatoms. The summed E-state index contributed by atoms with van der Waals surface area (Å²) >= 11 is 5.61. The number of thiocarbonyl (C=S) groups is 1. The first kappa shape index (κ1) is 22.7. The van der Waals surface area contributed by atoms with Gasteiger partial charge in [-0.1, -0.05) is 5.16 Å². The molecule has 33 heavy (non-hydrogen) atoms. The topological polar surface area (TPSA) is 111 Å². The van der Waals surface area contributed by atoms with Crippen LogP contribution in [0.25, 0.3) is 0 Å². The number of anilines is 1. The van der Waals surface area contributed by atoms with Crippen LogP contribution in [0.5, 0.6) is 5.75 Å². The van der Waals surface area contributed by atoms with Gasteiger partial charge in [-0.3, -0.25) is 10.1 Å². The number of benzene rings is 1. The number of nitrogens with one attached hydrogen (secondary N) is 1. The molecule has 0 radical (unpaired) electrons. The highest BCUT2D eigenvalue weighted by molar-refractivity contribution is 7.80. The van der Waals surface area contributed by atoms with Gasteiger partial charge in [-0.25, -0.2) is 4.98 Å². The van der Waals surface area contributed by atoms with Gasteiger partial charge in [0.05, 0.1) is 36.0 Å². The number of nitro groups is 1. The highest BCUT2D eigenvalue weighted by atomic mass is 32.1. The summed E-state index contributed by atoms with van der Waals surface area (Å²) in [6.07, 6.45) is 5.67. The van der Waals surface area contributed by atoms with Gasteiger partial charge in [0.15, 0.2) is 5.11 Å². The van der Waals surface area contributed by atoms with Crippen LogP contribution in [-0.4, -0.2) is 49.8 Å². The number of ether oxygens (including phenoxy) is 1. The maximum Gasteiger partial charge on any atom is 0.273 e. The van der Waals surface area contributed by atoms with Crippen molar-refractivity contribution in [3.05, 3.63) is 63.5 Å². The van der Waals surface area contributed by atoms with E-state index in [0.29, 0.717) is 29.0 Å². The van der Waals surface area contributed by atoms with E-state index in [4.69, 9.17) is 21.5 Å². The number of aromatic nitrogens is 3. The number of nitrogens with zero attached hydrogens (tertiary/aromatic N) is 5. The van der Waals surface area contributed by atoms with Crippen molar-refractivity contribution in [1.29, 1.82) is 0 Å². The van der Waals surface area contributed by atoms with Crippen molar-refractivity contribution in [2.75, 3.05) is 25.5 Å². The molecule has 10 nitrogen and oxygen atoms in total. The van der Waals surface area contributed by atoms with Crippen LogP contribution in [0.3, 0.4) is 0 Å². The number of imidazole rings is 1. The third kappa shape index (κ3) is 4.82. The first-order valence-corrected chi connectivity index (χ1v) is 11.1. The monoisotopic (exact) mass is 470 g/mol. The zero-order valence-corrected chi connectivity index (χ0v) is 19.6. The van der Waals surface area contributed by atoms with Crippen molar-refractivity contribution < 1.29 is 14.2 Å². The molecule has 0 saturated carbocycles. The lowest BCUT2D eigenvalue weighted by atomic mass is 9.96. The average Bonchev–Trinajstić information content (AvgIpc) is 3.41. The predicted molar refractivity (Wildman–Crippen MR) is 127 cm³/mol. The van der Waals surface area contributed by atoms with Gasteiger partial charge >= 0.3 is 0 Å². The molecule has 1 N–H and O–H groups in total. The van der Waals surface area contributed by atoms with Crippen molar-refractivity contribution in [3.63, 3.8) is 0 Å². The second kappa shape index (κ2) is 9.57. The molecule has 1 saturated heterocycles. The molecule has 4 rings (SSSR count). The highest BCUT2D eigenvalue weighted by Gasteiger charge is 2.26. The number of methoxy groups -OCH3 is 1. The fourth-order valence-corrected chi connectivity index (χ4v) is 4.44. The Morgan fingerprint density at radius 3 is 2.76 bits per heavy atom. The Hall–Kier alpha value is -3.47. The van der Waals surface area contributed by atoms with E-state index in [2.05, 4.69) is 24.9 Å². The summed E-state index contributed by atoms with van der Waals surface area (Å²) in [5.74, 6) is 2.60. The minimum atomic E-state index is -0.453. The zero-order valence-electron chi connectivity index (χ0n) is 18.8. The first-order valence-electron chi connectivity index (χ1n) is 10.7. The highest BCUT2D eigenvalue weighted by Crippen LogP contribution is 2.31. The molecule has 0 spiro atoms. The molecule has 0 aliphatic carbocycles. The molecule has 174 valence electrons. The van der Waals surface area contributed by atoms with Gasteiger partial charge in [0.1, 0.15) is 17.3 Å². The Labute approximate surface area is 196 Å². The molecule has 3 heterocycles. The second-order valence-corrected chi connectivity index (χ2v) is 8.44. The first-order chi connectivity index (χ1) is 15.9. The molecule has 0 bridgehead atoms. The van der Waals surface area contributed by atoms with Crippen molar-refractivity contribution >= 4 is 28.7 Å². The lowest BCUT2D eigenvalue weighted by Gasteiger charge is -2.34. The zero-order chi connectivity index (χ0) is 23.5. The lowest BCUT2D eigenvalue weighted by Crippen LogP contribution is -2.40. The summed E-state index contributed by atoms with van der Waals surface area (Å²) in [7, 11) is 1.48. The standard InChI is InChI=1S/C22H26N6O4S/c1-14-18(15(2)32-25-14)13-27-11-8-23-21(27)16-6-9-26(10-7-16)22(33)24-19-5-4-17(28(29)30)12-20(19)31-3/h4-5,8,11-12,16H,6-7,9-10,13H2,1-3H3,(H,24,33). The number of likely N-dealkylation sites (tertiary alicyclic amines) is 1. The van der Waals surface area contributed by atoms with Crippen LogP contribution in [-0.2, 0) is 6.54 Å². The number of piperidine rings is 1. The number of non-ortho nitro benzene ring substituents is 1. The van der Waals surface area contributed by atoms with Crippen LogP contribution < -0.4 is 10.1 Å². The van der Waals surface area contributed by atoms with E-state index >= 15 is 0 Å². The van der Waals surface area contributed by atoms with E-state index in [1.54, 1.807) is 6.07 Å². The van der Waals surface area contributed by atoms with Gasteiger partial charge in [0, 0.05) is 43.0 Å². The van der Waals surface area contributed by atoms with E-state index in [1.165, 1.54) is 19.2 Å². The summed E-state index contributed by atoms with van der Waals surface area (Å²) in [5.41, 5.74) is 2.57. The van der Waals surface area contributed by atoms with Gasteiger partial charge in [-0.05, 0) is 45.0 Å². The normalized spacial score (nSPS) is 14.3. The third-order valence-electron chi connectivity index (χ3n) is 6.04. The molecule has 0 unspecified atom stereocenters. The Morgan fingerprint density at radius 2 is 2.12 bits per heavy atom. The van der Waals surface area contributed by atoms with Crippen LogP contribution in [0.2, 0.25) is 0 Å². The van der Waals surface area contributed by atoms with Crippen molar-refractivity contribution in [2.45, 2.75) is 39.2 Å². The maximum atomic E-state index is 11.0. The summed E-state index contributed by atoms with van der Waals surface area (Å²) in [6.45, 7) is 6.14. The summed E-state index contributed by atoms with van der Waals surface area (Å²) in [4.78, 5) is 17.3. The number of hydrogen-bond acceptors (Lipinski definition) is 7. The Bertz CT molecular complexity index is 1150. The number of hydrogen-bond donors (Lipinski definition) is 1. The van der Waals surface area contributed by atoms with Crippen molar-refractivity contribution in [2.24, 2.45) is 0 Å². The van der Waals surface area contributed by atoms with Crippen LogP contribution in [0.1, 0.15) is 41.6 Å². The van der Waals surface area contributed by atoms with Crippen LogP contribution in [0.15, 0.2) is 35.1 Å². The largest absolute Gasteiger partial charge is 0.494 e. The second-order valence-electron chi connectivity index (χ2n) is 8.05. The molecule has 3 aromatic rings. The molecule has 0 amide bonds. The van der Waals surface area contributed by atoms with E-state index < -0.39 is 4.92 Å². The fourth-order valence-electron chi connectivity index (χ4n) is 4.14. The third-order valence-corrected chi connectivity index (χ3v) is 6.40. The Morgan fingerprint density at radius 1 is 1.36 bits per heavy atom. The molecule has 1 aliphatic heterocycles. The average molecular weight is 471 g/mol. The molecule has 1 aromatic carbocycles. The molecular formula is C22H26N6O4S. The SMILES string of the molecule is COc1cc([N+](=O)[O-])ccc1NC(=S)N1CCC(c2nccn2Cc2c(C)noc2C)CC1. The quantitative estimate of drug-likeness (QED) is 0.324. The van der Waals surface area contributed by atoms with Crippen LogP contribution in [0, 0.1) is 24.0 Å². The number of nitro benzene ring substituents is 1. The molecule has 2 aromatic heterocycles. The molecular weight excluding hydrogens is 444 g/mol. The van der Waals surface area contributed by atoms with Crippen LogP contribution in [0.4, 0.5) is 11.4 Å². The molecule has 1 aliphatic rings. The summed E-state index contributed by atoms with van der Waals surface area (Å²) in [5, 5.41) is 18.8. The minimum absolute atomic E-state index is 0.0313. The molecule has 0 atom stereocenters. The van der Waals surface area contributed by atoms with Gasteiger partial charge in [-0.2, -0.15) is 0 Å². The Balaban J connectivity index is 1.38. The van der Waals surface area contributed by atoms with Gasteiger partial charge in [0.2, 0.25) is 0 Å². The van der Waals surface area contributed by atoms with Gasteiger partial charge in [0.25, 0.3) is 5.69 Å².